The monoisotopic (exact) mass is 265 g/mol. The number of hydrogen-bond donors (Lipinski definition) is 1. The van der Waals surface area contributed by atoms with Crippen LogP contribution in [-0.2, 0) is 9.59 Å². The summed E-state index contributed by atoms with van der Waals surface area (Å²) >= 11 is 0. The van der Waals surface area contributed by atoms with Crippen molar-refractivity contribution in [1.82, 2.24) is 4.90 Å². The summed E-state index contributed by atoms with van der Waals surface area (Å²) in [5, 5.41) is 8.85. The van der Waals surface area contributed by atoms with Gasteiger partial charge >= 0.3 is 5.97 Å². The van der Waals surface area contributed by atoms with Gasteiger partial charge in [0, 0.05) is 6.04 Å². The van der Waals surface area contributed by atoms with Crippen molar-refractivity contribution in [2.75, 3.05) is 6.54 Å². The number of carbonyl (C=O) groups is 2. The molecule has 1 fully saturated rings. The molecular weight excluding hydrogens is 249 g/mol. The van der Waals surface area contributed by atoms with Crippen LogP contribution in [0.3, 0.4) is 0 Å². The van der Waals surface area contributed by atoms with Gasteiger partial charge in [-0.2, -0.15) is 0 Å². The summed E-state index contributed by atoms with van der Waals surface area (Å²) in [6, 6.07) is 6.09. The number of nitrogens with zero attached hydrogens (tertiary/aromatic N) is 1. The van der Waals surface area contributed by atoms with Crippen LogP contribution in [-0.4, -0.2) is 34.5 Å². The van der Waals surface area contributed by atoms with Gasteiger partial charge in [0.1, 0.15) is 12.4 Å². The normalized spacial score (nSPS) is 15.9. The van der Waals surface area contributed by atoms with E-state index in [0.29, 0.717) is 5.56 Å². The van der Waals surface area contributed by atoms with Crippen LogP contribution in [0.5, 0.6) is 0 Å². The lowest BCUT2D eigenvalue weighted by molar-refractivity contribution is -0.145. The van der Waals surface area contributed by atoms with E-state index in [-0.39, 0.29) is 18.5 Å². The SMILES string of the molecule is C[C@H](C(=O)N(CC(=O)O)C1CC1)c1ccccc1F. The number of hydrogen-bond acceptors (Lipinski definition) is 2. The number of benzene rings is 1. The molecule has 0 heterocycles. The van der Waals surface area contributed by atoms with Crippen molar-refractivity contribution in [3.05, 3.63) is 35.6 Å². The average molecular weight is 265 g/mol. The molecule has 2 rings (SSSR count). The molecule has 0 aliphatic heterocycles. The first-order valence-electron chi connectivity index (χ1n) is 6.27. The maximum absolute atomic E-state index is 13.7. The van der Waals surface area contributed by atoms with Gasteiger partial charge in [-0.15, -0.1) is 0 Å². The molecule has 0 saturated heterocycles. The van der Waals surface area contributed by atoms with Crippen LogP contribution in [0, 0.1) is 5.82 Å². The van der Waals surface area contributed by atoms with E-state index in [4.69, 9.17) is 5.11 Å². The third-order valence-corrected chi connectivity index (χ3v) is 3.32. The topological polar surface area (TPSA) is 57.6 Å². The zero-order valence-electron chi connectivity index (χ0n) is 10.7. The highest BCUT2D eigenvalue weighted by molar-refractivity contribution is 5.87. The molecule has 1 atom stereocenters. The largest absolute Gasteiger partial charge is 0.480 e. The molecule has 1 aliphatic rings. The molecule has 19 heavy (non-hydrogen) atoms. The molecular formula is C14H16FNO3. The van der Waals surface area contributed by atoms with E-state index in [2.05, 4.69) is 0 Å². The minimum absolute atomic E-state index is 0.00202. The fraction of sp³-hybridized carbons (Fsp3) is 0.429. The molecule has 0 aromatic heterocycles. The van der Waals surface area contributed by atoms with E-state index >= 15 is 0 Å². The number of halogens is 1. The van der Waals surface area contributed by atoms with E-state index < -0.39 is 17.7 Å². The Morgan fingerprint density at radius 3 is 2.58 bits per heavy atom. The standard InChI is InChI=1S/C14H16FNO3/c1-9(11-4-2-3-5-12(11)15)14(19)16(8-13(17)18)10-6-7-10/h2-5,9-10H,6-8H2,1H3,(H,17,18)/t9-/m0/s1. The fourth-order valence-corrected chi connectivity index (χ4v) is 2.13. The molecule has 1 N–H and O–H groups in total. The summed E-state index contributed by atoms with van der Waals surface area (Å²) in [4.78, 5) is 24.5. The van der Waals surface area contributed by atoms with Crippen molar-refractivity contribution in [3.8, 4) is 0 Å². The highest BCUT2D eigenvalue weighted by Gasteiger charge is 2.36. The second-order valence-corrected chi connectivity index (χ2v) is 4.83. The van der Waals surface area contributed by atoms with Crippen LogP contribution >= 0.6 is 0 Å². The molecule has 0 spiro atoms. The van der Waals surface area contributed by atoms with Gasteiger partial charge in [-0.1, -0.05) is 18.2 Å². The van der Waals surface area contributed by atoms with E-state index in [9.17, 15) is 14.0 Å². The van der Waals surface area contributed by atoms with Gasteiger partial charge in [-0.05, 0) is 31.4 Å². The van der Waals surface area contributed by atoms with E-state index in [1.54, 1.807) is 25.1 Å². The Kier molecular flexibility index (Phi) is 3.83. The Morgan fingerprint density at radius 2 is 2.05 bits per heavy atom. The summed E-state index contributed by atoms with van der Waals surface area (Å²) in [6.45, 7) is 1.29. The number of carbonyl (C=O) groups excluding carboxylic acids is 1. The molecule has 5 heteroatoms. The first-order valence-corrected chi connectivity index (χ1v) is 6.27. The van der Waals surface area contributed by atoms with Gasteiger partial charge in [0.15, 0.2) is 0 Å². The second-order valence-electron chi connectivity index (χ2n) is 4.83. The lowest BCUT2D eigenvalue weighted by atomic mass is 9.99. The van der Waals surface area contributed by atoms with E-state index in [1.165, 1.54) is 11.0 Å². The lowest BCUT2D eigenvalue weighted by Gasteiger charge is -2.24. The number of rotatable bonds is 5. The van der Waals surface area contributed by atoms with Crippen LogP contribution in [0.2, 0.25) is 0 Å². The number of amides is 1. The summed E-state index contributed by atoms with van der Waals surface area (Å²) in [6.07, 6.45) is 1.64. The quantitative estimate of drug-likeness (QED) is 0.886. The predicted molar refractivity (Wildman–Crippen MR) is 67.2 cm³/mol. The Morgan fingerprint density at radius 1 is 1.42 bits per heavy atom. The average Bonchev–Trinajstić information content (AvgIpc) is 3.19. The highest BCUT2D eigenvalue weighted by atomic mass is 19.1. The number of carboxylic acids is 1. The molecule has 0 radical (unpaired) electrons. The van der Waals surface area contributed by atoms with Crippen LogP contribution in [0.1, 0.15) is 31.2 Å². The molecule has 4 nitrogen and oxygen atoms in total. The van der Waals surface area contributed by atoms with Crippen molar-refractivity contribution >= 4 is 11.9 Å². The summed E-state index contributed by atoms with van der Waals surface area (Å²) in [5.74, 6) is -2.47. The molecule has 0 bridgehead atoms. The van der Waals surface area contributed by atoms with Gasteiger partial charge in [-0.25, -0.2) is 4.39 Å². The molecule has 0 unspecified atom stereocenters. The van der Waals surface area contributed by atoms with Crippen LogP contribution in [0.15, 0.2) is 24.3 Å². The van der Waals surface area contributed by atoms with Gasteiger partial charge in [0.05, 0.1) is 5.92 Å². The minimum Gasteiger partial charge on any atom is -0.480 e. The highest BCUT2D eigenvalue weighted by Crippen LogP contribution is 2.30. The zero-order valence-corrected chi connectivity index (χ0v) is 10.7. The van der Waals surface area contributed by atoms with Crippen LogP contribution < -0.4 is 0 Å². The fourth-order valence-electron chi connectivity index (χ4n) is 2.13. The maximum atomic E-state index is 13.7. The second kappa shape index (κ2) is 5.38. The van der Waals surface area contributed by atoms with Crippen molar-refractivity contribution in [2.45, 2.75) is 31.7 Å². The first kappa shape index (κ1) is 13.5. The zero-order chi connectivity index (χ0) is 14.0. The Labute approximate surface area is 110 Å². The molecule has 1 aliphatic carbocycles. The predicted octanol–water partition coefficient (Wildman–Crippen LogP) is 2.00. The molecule has 1 aromatic carbocycles. The minimum atomic E-state index is -1.04. The molecule has 1 saturated carbocycles. The van der Waals surface area contributed by atoms with Gasteiger partial charge in [0.25, 0.3) is 0 Å². The maximum Gasteiger partial charge on any atom is 0.323 e. The third kappa shape index (κ3) is 3.10. The molecule has 1 aromatic rings. The first-order chi connectivity index (χ1) is 9.00. The molecule has 1 amide bonds. The third-order valence-electron chi connectivity index (χ3n) is 3.32. The van der Waals surface area contributed by atoms with Gasteiger partial charge < -0.3 is 10.0 Å². The van der Waals surface area contributed by atoms with Crippen molar-refractivity contribution in [1.29, 1.82) is 0 Å². The smallest absolute Gasteiger partial charge is 0.323 e. The van der Waals surface area contributed by atoms with Crippen molar-refractivity contribution in [2.24, 2.45) is 0 Å². The van der Waals surface area contributed by atoms with Crippen molar-refractivity contribution < 1.29 is 19.1 Å². The summed E-state index contributed by atoms with van der Waals surface area (Å²) in [7, 11) is 0. The van der Waals surface area contributed by atoms with Crippen molar-refractivity contribution in [3.63, 3.8) is 0 Å². The Balaban J connectivity index is 2.17. The van der Waals surface area contributed by atoms with Gasteiger partial charge in [0.2, 0.25) is 5.91 Å². The van der Waals surface area contributed by atoms with Crippen LogP contribution in [0.25, 0.3) is 0 Å². The molecule has 102 valence electrons. The summed E-state index contributed by atoms with van der Waals surface area (Å²) < 4.78 is 13.7. The number of aliphatic carboxylic acids is 1. The van der Waals surface area contributed by atoms with Gasteiger partial charge in [-0.3, -0.25) is 9.59 Å². The van der Waals surface area contributed by atoms with E-state index in [1.807, 2.05) is 0 Å². The lowest BCUT2D eigenvalue weighted by Crippen LogP contribution is -2.40. The van der Waals surface area contributed by atoms with E-state index in [0.717, 1.165) is 12.8 Å². The Hall–Kier alpha value is -1.91. The Bertz CT molecular complexity index is 499. The number of carboxylic acid groups (broad SMARTS) is 1. The van der Waals surface area contributed by atoms with Crippen LogP contribution in [0.4, 0.5) is 4.39 Å². The summed E-state index contributed by atoms with van der Waals surface area (Å²) in [5.41, 5.74) is 0.309.